The van der Waals surface area contributed by atoms with Crippen molar-refractivity contribution in [2.24, 2.45) is 5.92 Å². The third-order valence-electron chi connectivity index (χ3n) is 3.00. The first-order chi connectivity index (χ1) is 9.26. The molecule has 1 amide bonds. The summed E-state index contributed by atoms with van der Waals surface area (Å²) in [4.78, 5) is 16.3. The summed E-state index contributed by atoms with van der Waals surface area (Å²) in [5.41, 5.74) is -0.515. The van der Waals surface area contributed by atoms with Crippen LogP contribution in [-0.4, -0.2) is 21.8 Å². The lowest BCUT2D eigenvalue weighted by Crippen LogP contribution is -2.36. The van der Waals surface area contributed by atoms with Crippen molar-refractivity contribution >= 4 is 6.09 Å². The van der Waals surface area contributed by atoms with Crippen LogP contribution in [-0.2, 0) is 4.74 Å². The molecule has 0 radical (unpaired) electrons. The van der Waals surface area contributed by atoms with E-state index >= 15 is 0 Å². The Bertz CT molecular complexity index is 472. The lowest BCUT2D eigenvalue weighted by Gasteiger charge is -2.22. The van der Waals surface area contributed by atoms with E-state index in [1.807, 2.05) is 34.6 Å². The summed E-state index contributed by atoms with van der Waals surface area (Å²) in [6.07, 6.45) is 1.68. The maximum Gasteiger partial charge on any atom is 0.408 e. The summed E-state index contributed by atoms with van der Waals surface area (Å²) in [7, 11) is 0. The van der Waals surface area contributed by atoms with Crippen molar-refractivity contribution in [3.8, 4) is 0 Å². The second kappa shape index (κ2) is 5.42. The maximum atomic E-state index is 11.9. The predicted molar refractivity (Wildman–Crippen MR) is 73.2 cm³/mol. The lowest BCUT2D eigenvalue weighted by molar-refractivity contribution is 0.0494. The van der Waals surface area contributed by atoms with Crippen LogP contribution in [0.4, 0.5) is 4.79 Å². The van der Waals surface area contributed by atoms with Crippen molar-refractivity contribution in [1.82, 2.24) is 15.5 Å². The average Bonchev–Trinajstić information content (AvgIpc) is 3.00. The molecule has 0 spiro atoms. The van der Waals surface area contributed by atoms with E-state index in [4.69, 9.17) is 9.26 Å². The summed E-state index contributed by atoms with van der Waals surface area (Å²) in [6, 6.07) is -0.221. The van der Waals surface area contributed by atoms with Crippen molar-refractivity contribution in [3.05, 3.63) is 11.7 Å². The number of hydrogen-bond donors (Lipinski definition) is 1. The quantitative estimate of drug-likeness (QED) is 0.917. The Labute approximate surface area is 119 Å². The zero-order chi connectivity index (χ0) is 14.9. The fraction of sp³-hybridized carbons (Fsp3) is 0.786. The summed E-state index contributed by atoms with van der Waals surface area (Å²) in [5.74, 6) is 1.69. The minimum absolute atomic E-state index is 0.178. The molecule has 0 aromatic carbocycles. The fourth-order valence-electron chi connectivity index (χ4n) is 1.87. The van der Waals surface area contributed by atoms with Crippen LogP contribution in [0.1, 0.15) is 71.1 Å². The van der Waals surface area contributed by atoms with Gasteiger partial charge in [0.15, 0.2) is 5.82 Å². The number of ether oxygens (including phenoxy) is 1. The topological polar surface area (TPSA) is 77.2 Å². The molecule has 0 bridgehead atoms. The van der Waals surface area contributed by atoms with Gasteiger partial charge in [0.05, 0.1) is 6.04 Å². The van der Waals surface area contributed by atoms with E-state index in [1.165, 1.54) is 0 Å². The number of aromatic nitrogens is 2. The molecule has 0 unspecified atom stereocenters. The Morgan fingerprint density at radius 3 is 2.50 bits per heavy atom. The molecular weight excluding hydrogens is 258 g/mol. The first kappa shape index (κ1) is 14.8. The van der Waals surface area contributed by atoms with Crippen LogP contribution in [0.25, 0.3) is 0 Å². The number of nitrogens with zero attached hydrogens (tertiary/aromatic N) is 2. The molecule has 0 saturated heterocycles. The molecule has 1 aliphatic carbocycles. The van der Waals surface area contributed by atoms with Crippen LogP contribution in [0.2, 0.25) is 0 Å². The predicted octanol–water partition coefficient (Wildman–Crippen LogP) is 3.17. The summed E-state index contributed by atoms with van der Waals surface area (Å²) < 4.78 is 10.5. The Balaban J connectivity index is 2.05. The Morgan fingerprint density at radius 1 is 1.40 bits per heavy atom. The molecule has 1 aromatic rings. The normalized spacial score (nSPS) is 17.1. The van der Waals surface area contributed by atoms with Gasteiger partial charge in [-0.3, -0.25) is 0 Å². The van der Waals surface area contributed by atoms with E-state index in [0.717, 1.165) is 12.8 Å². The highest BCUT2D eigenvalue weighted by atomic mass is 16.6. The van der Waals surface area contributed by atoms with Crippen molar-refractivity contribution in [1.29, 1.82) is 0 Å². The molecule has 1 heterocycles. The summed E-state index contributed by atoms with van der Waals surface area (Å²) in [6.45, 7) is 9.49. The monoisotopic (exact) mass is 281 g/mol. The highest BCUT2D eigenvalue weighted by Gasteiger charge is 2.37. The highest BCUT2D eigenvalue weighted by molar-refractivity contribution is 5.68. The molecule has 1 fully saturated rings. The third kappa shape index (κ3) is 3.95. The highest BCUT2D eigenvalue weighted by Crippen LogP contribution is 2.40. The number of hydrogen-bond acceptors (Lipinski definition) is 5. The zero-order valence-corrected chi connectivity index (χ0v) is 12.8. The minimum atomic E-state index is -0.515. The van der Waals surface area contributed by atoms with Gasteiger partial charge < -0.3 is 14.6 Å². The SMILES string of the molecule is CC(C)c1nc([C@H](NC(=O)OC(C)(C)C)C2CC2)no1. The number of rotatable bonds is 4. The Kier molecular flexibility index (Phi) is 4.01. The third-order valence-corrected chi connectivity index (χ3v) is 3.00. The molecule has 20 heavy (non-hydrogen) atoms. The average molecular weight is 281 g/mol. The summed E-state index contributed by atoms with van der Waals surface area (Å²) in [5, 5.41) is 6.85. The number of alkyl carbamates (subject to hydrolysis) is 1. The molecule has 6 nitrogen and oxygen atoms in total. The van der Waals surface area contributed by atoms with Crippen molar-refractivity contribution in [3.63, 3.8) is 0 Å². The molecule has 1 N–H and O–H groups in total. The van der Waals surface area contributed by atoms with E-state index in [-0.39, 0.29) is 12.0 Å². The number of nitrogens with one attached hydrogen (secondary N) is 1. The van der Waals surface area contributed by atoms with Gasteiger partial charge in [-0.25, -0.2) is 4.79 Å². The Morgan fingerprint density at radius 2 is 2.05 bits per heavy atom. The van der Waals surface area contributed by atoms with Gasteiger partial charge in [-0.2, -0.15) is 4.98 Å². The van der Waals surface area contributed by atoms with Gasteiger partial charge in [0.1, 0.15) is 5.60 Å². The molecule has 1 aliphatic rings. The van der Waals surface area contributed by atoms with Gasteiger partial charge in [-0.05, 0) is 39.5 Å². The second-order valence-corrected chi connectivity index (χ2v) is 6.61. The minimum Gasteiger partial charge on any atom is -0.444 e. The van der Waals surface area contributed by atoms with E-state index in [2.05, 4.69) is 15.5 Å². The molecule has 1 atom stereocenters. The van der Waals surface area contributed by atoms with E-state index in [0.29, 0.717) is 17.6 Å². The molecule has 6 heteroatoms. The van der Waals surface area contributed by atoms with Crippen LogP contribution in [0.5, 0.6) is 0 Å². The molecule has 2 rings (SSSR count). The van der Waals surface area contributed by atoms with E-state index in [1.54, 1.807) is 0 Å². The molecule has 1 aromatic heterocycles. The Hall–Kier alpha value is -1.59. The van der Waals surface area contributed by atoms with Crippen LogP contribution < -0.4 is 5.32 Å². The molecular formula is C14H23N3O3. The number of carbonyl (C=O) groups excluding carboxylic acids is 1. The van der Waals surface area contributed by atoms with Crippen LogP contribution >= 0.6 is 0 Å². The van der Waals surface area contributed by atoms with Gasteiger partial charge in [-0.15, -0.1) is 0 Å². The van der Waals surface area contributed by atoms with Crippen molar-refractivity contribution in [2.45, 2.75) is 65.0 Å². The zero-order valence-electron chi connectivity index (χ0n) is 12.8. The molecule has 1 saturated carbocycles. The van der Waals surface area contributed by atoms with Crippen LogP contribution in [0.3, 0.4) is 0 Å². The van der Waals surface area contributed by atoms with Crippen molar-refractivity contribution in [2.75, 3.05) is 0 Å². The first-order valence-electron chi connectivity index (χ1n) is 7.09. The standard InChI is InChI=1S/C14H23N3O3/c1-8(2)12-16-11(17-20-12)10(9-6-7-9)15-13(18)19-14(3,4)5/h8-10H,6-7H2,1-5H3,(H,15,18)/t10-/m1/s1. The fourth-order valence-corrected chi connectivity index (χ4v) is 1.87. The van der Waals surface area contributed by atoms with E-state index < -0.39 is 11.7 Å². The van der Waals surface area contributed by atoms with Gasteiger partial charge in [0, 0.05) is 5.92 Å². The lowest BCUT2D eigenvalue weighted by atomic mass is 10.1. The van der Waals surface area contributed by atoms with Gasteiger partial charge in [0.2, 0.25) is 5.89 Å². The molecule has 0 aliphatic heterocycles. The largest absolute Gasteiger partial charge is 0.444 e. The first-order valence-corrected chi connectivity index (χ1v) is 7.09. The number of carbonyl (C=O) groups is 1. The van der Waals surface area contributed by atoms with Crippen LogP contribution in [0.15, 0.2) is 4.52 Å². The smallest absolute Gasteiger partial charge is 0.408 e. The number of amides is 1. The summed E-state index contributed by atoms with van der Waals surface area (Å²) >= 11 is 0. The van der Waals surface area contributed by atoms with Gasteiger partial charge >= 0.3 is 6.09 Å². The van der Waals surface area contributed by atoms with Gasteiger partial charge in [-0.1, -0.05) is 19.0 Å². The second-order valence-electron chi connectivity index (χ2n) is 6.61. The van der Waals surface area contributed by atoms with Crippen molar-refractivity contribution < 1.29 is 14.1 Å². The molecule has 112 valence electrons. The van der Waals surface area contributed by atoms with Gasteiger partial charge in [0.25, 0.3) is 0 Å². The van der Waals surface area contributed by atoms with Crippen LogP contribution in [0, 0.1) is 5.92 Å². The maximum absolute atomic E-state index is 11.9. The van der Waals surface area contributed by atoms with E-state index in [9.17, 15) is 4.79 Å².